The number of rotatable bonds is 6. The molecular formula is C22H26ClFN4O5. The van der Waals surface area contributed by atoms with E-state index in [4.69, 9.17) is 31.5 Å². The molecule has 11 heteroatoms. The van der Waals surface area contributed by atoms with Gasteiger partial charge in [-0.05, 0) is 30.5 Å². The van der Waals surface area contributed by atoms with Crippen LogP contribution >= 0.6 is 11.6 Å². The minimum absolute atomic E-state index is 0.197. The second kappa shape index (κ2) is 9.53. The maximum Gasteiger partial charge on any atom is 0.308 e. The van der Waals surface area contributed by atoms with Crippen LogP contribution in [0.1, 0.15) is 40.8 Å². The van der Waals surface area contributed by atoms with Gasteiger partial charge in [-0.25, -0.2) is 14.4 Å². The summed E-state index contributed by atoms with van der Waals surface area (Å²) in [5.41, 5.74) is 3.59. The molecule has 2 N–H and O–H groups in total. The van der Waals surface area contributed by atoms with E-state index in [0.29, 0.717) is 5.39 Å². The third-order valence-electron chi connectivity index (χ3n) is 5.34. The summed E-state index contributed by atoms with van der Waals surface area (Å²) in [7, 11) is 0. The van der Waals surface area contributed by atoms with Gasteiger partial charge < -0.3 is 24.5 Å². The van der Waals surface area contributed by atoms with E-state index in [1.807, 2.05) is 5.38 Å². The van der Waals surface area contributed by atoms with Gasteiger partial charge in [0, 0.05) is 11.6 Å². The van der Waals surface area contributed by atoms with Crippen LogP contribution in [0.4, 0.5) is 10.2 Å². The molecule has 5 atom stereocenters. The summed E-state index contributed by atoms with van der Waals surface area (Å²) < 4.78 is 35.0. The van der Waals surface area contributed by atoms with Gasteiger partial charge in [0.1, 0.15) is 30.0 Å². The lowest BCUT2D eigenvalue weighted by Gasteiger charge is -2.29. The summed E-state index contributed by atoms with van der Waals surface area (Å²) in [4.78, 5) is 32.8. The molecule has 9 nitrogen and oxygen atoms in total. The largest absolute Gasteiger partial charge is 0.460 e. The fraction of sp³-hybridized carbons (Fsp3) is 0.545. The monoisotopic (exact) mass is 480 g/mol. The van der Waals surface area contributed by atoms with Gasteiger partial charge in [0.15, 0.2) is 12.3 Å². The smallest absolute Gasteiger partial charge is 0.308 e. The number of nitrogen functional groups attached to an aromatic ring is 1. The first-order chi connectivity index (χ1) is 15.5. The topological polar surface area (TPSA) is 119 Å². The third kappa shape index (κ3) is 4.61. The summed E-state index contributed by atoms with van der Waals surface area (Å²) in [6, 6.07) is 1.60. The van der Waals surface area contributed by atoms with Crippen molar-refractivity contribution in [3.8, 4) is 11.3 Å². The highest BCUT2D eigenvalue weighted by molar-refractivity contribution is 6.30. The van der Waals surface area contributed by atoms with E-state index < -0.39 is 54.0 Å². The molecule has 3 heterocycles. The molecule has 1 aliphatic heterocycles. The molecule has 1 unspecified atom stereocenters. The zero-order chi connectivity index (χ0) is 24.5. The minimum Gasteiger partial charge on any atom is -0.460 e. The van der Waals surface area contributed by atoms with Crippen LogP contribution in [0, 0.1) is 23.1 Å². The van der Waals surface area contributed by atoms with Gasteiger partial charge in [0.25, 0.3) is 5.67 Å². The third-order valence-corrected chi connectivity index (χ3v) is 5.43. The molecule has 0 aromatic carbocycles. The Hall–Kier alpha value is -2.90. The summed E-state index contributed by atoms with van der Waals surface area (Å²) >= 11 is 5.62. The standard InChI is InChI=1S/C22H26ClFN4O5/c1-11(2)19(29)31-13(5)15-16(33-20(30)12(3)4)22(24,7-8-23)21(32-15)28-9-6-14-17(25)26-10-27-18(14)28/h6,9-13,15-16,21H,1-5H3,(H2,25,26,27)/t13?,15-,16-,21-,22-/m1/s1. The number of aromatic nitrogens is 3. The Morgan fingerprint density at radius 2 is 1.91 bits per heavy atom. The number of anilines is 1. The number of nitrogens with two attached hydrogens (primary N) is 1. The molecule has 1 saturated heterocycles. The summed E-state index contributed by atoms with van der Waals surface area (Å²) in [5, 5.41) is 2.52. The molecule has 0 amide bonds. The Balaban J connectivity index is 2.11. The van der Waals surface area contributed by atoms with Crippen LogP contribution in [0.2, 0.25) is 0 Å². The average molecular weight is 481 g/mol. The predicted molar refractivity (Wildman–Crippen MR) is 118 cm³/mol. The van der Waals surface area contributed by atoms with Gasteiger partial charge in [-0.2, -0.15) is 0 Å². The van der Waals surface area contributed by atoms with Crippen molar-refractivity contribution >= 4 is 40.4 Å². The molecule has 2 aromatic heterocycles. The van der Waals surface area contributed by atoms with Crippen molar-refractivity contribution in [3.05, 3.63) is 18.6 Å². The lowest BCUT2D eigenvalue weighted by molar-refractivity contribution is -0.171. The van der Waals surface area contributed by atoms with Crippen LogP contribution in [0.15, 0.2) is 18.6 Å². The summed E-state index contributed by atoms with van der Waals surface area (Å²) in [6.45, 7) is 8.08. The maximum absolute atomic E-state index is 16.7. The molecule has 2 aromatic rings. The van der Waals surface area contributed by atoms with Crippen molar-refractivity contribution < 1.29 is 28.2 Å². The molecule has 0 spiro atoms. The second-order valence-corrected chi connectivity index (χ2v) is 8.66. The van der Waals surface area contributed by atoms with Crippen molar-refractivity contribution in [2.24, 2.45) is 11.8 Å². The zero-order valence-electron chi connectivity index (χ0n) is 18.9. The van der Waals surface area contributed by atoms with Crippen molar-refractivity contribution in [2.75, 3.05) is 5.73 Å². The SMILES string of the molecule is CC(C)C(=O)OC(C)[C@H]1O[C@@H](n2ccc3c(N)ncnc32)[C@@](F)(C#CCl)[C@@H]1OC(=O)C(C)C. The molecule has 1 fully saturated rings. The number of carbonyl (C=O) groups is 2. The first-order valence-electron chi connectivity index (χ1n) is 10.5. The summed E-state index contributed by atoms with van der Waals surface area (Å²) in [5.74, 6) is 0.350. The van der Waals surface area contributed by atoms with Crippen LogP contribution in [0.3, 0.4) is 0 Å². The second-order valence-electron chi connectivity index (χ2n) is 8.47. The lowest BCUT2D eigenvalue weighted by atomic mass is 9.94. The molecule has 1 aliphatic rings. The number of fused-ring (bicyclic) bond motifs is 1. The first-order valence-corrected chi connectivity index (χ1v) is 10.8. The normalized spacial score (nSPS) is 25.7. The minimum atomic E-state index is -2.60. The van der Waals surface area contributed by atoms with Crippen LogP contribution in [0.25, 0.3) is 11.0 Å². The Morgan fingerprint density at radius 1 is 1.24 bits per heavy atom. The Bertz CT molecular complexity index is 1110. The van der Waals surface area contributed by atoms with Crippen LogP contribution < -0.4 is 5.73 Å². The molecule has 0 aliphatic carbocycles. The fourth-order valence-corrected chi connectivity index (χ4v) is 3.65. The molecule has 0 bridgehead atoms. The number of carbonyl (C=O) groups excluding carboxylic acids is 2. The number of hydrogen-bond acceptors (Lipinski definition) is 8. The van der Waals surface area contributed by atoms with Crippen molar-refractivity contribution in [2.45, 2.75) is 64.8 Å². The van der Waals surface area contributed by atoms with Crippen LogP contribution in [-0.4, -0.2) is 50.5 Å². The highest BCUT2D eigenvalue weighted by Gasteiger charge is 2.62. The predicted octanol–water partition coefficient (Wildman–Crippen LogP) is 2.97. The lowest BCUT2D eigenvalue weighted by Crippen LogP contribution is -2.48. The van der Waals surface area contributed by atoms with Gasteiger partial charge in [-0.1, -0.05) is 27.7 Å². The van der Waals surface area contributed by atoms with Gasteiger partial charge in [-0.15, -0.1) is 0 Å². The molecule has 0 radical (unpaired) electrons. The van der Waals surface area contributed by atoms with E-state index in [-0.39, 0.29) is 11.5 Å². The zero-order valence-corrected chi connectivity index (χ0v) is 19.7. The van der Waals surface area contributed by atoms with E-state index in [0.717, 1.165) is 0 Å². The van der Waals surface area contributed by atoms with Crippen LogP contribution in [-0.2, 0) is 23.8 Å². The van der Waals surface area contributed by atoms with E-state index in [1.165, 1.54) is 24.0 Å². The number of halogens is 2. The van der Waals surface area contributed by atoms with Crippen LogP contribution in [0.5, 0.6) is 0 Å². The van der Waals surface area contributed by atoms with Crippen molar-refractivity contribution in [3.63, 3.8) is 0 Å². The van der Waals surface area contributed by atoms with Crippen molar-refractivity contribution in [1.29, 1.82) is 0 Å². The number of esters is 2. The van der Waals surface area contributed by atoms with E-state index in [1.54, 1.807) is 33.8 Å². The van der Waals surface area contributed by atoms with E-state index in [9.17, 15) is 9.59 Å². The number of alkyl halides is 1. The molecule has 178 valence electrons. The van der Waals surface area contributed by atoms with Gasteiger partial charge in [0.2, 0.25) is 0 Å². The van der Waals surface area contributed by atoms with Gasteiger partial charge in [0.05, 0.1) is 17.2 Å². The number of nitrogens with zero attached hydrogens (tertiary/aromatic N) is 3. The van der Waals surface area contributed by atoms with E-state index in [2.05, 4.69) is 15.9 Å². The Morgan fingerprint density at radius 3 is 2.52 bits per heavy atom. The van der Waals surface area contributed by atoms with Crippen molar-refractivity contribution in [1.82, 2.24) is 14.5 Å². The first kappa shape index (κ1) is 24.7. The molecule has 33 heavy (non-hydrogen) atoms. The number of hydrogen-bond donors (Lipinski definition) is 1. The quantitative estimate of drug-likeness (QED) is 0.495. The maximum atomic E-state index is 16.7. The average Bonchev–Trinajstić information content (AvgIpc) is 3.28. The van der Waals surface area contributed by atoms with Gasteiger partial charge in [-0.3, -0.25) is 9.59 Å². The van der Waals surface area contributed by atoms with E-state index >= 15 is 4.39 Å². The van der Waals surface area contributed by atoms with Gasteiger partial charge >= 0.3 is 11.9 Å². The number of ether oxygens (including phenoxy) is 3. The highest BCUT2D eigenvalue weighted by atomic mass is 35.5. The summed E-state index contributed by atoms with van der Waals surface area (Å²) in [6.07, 6.45) is -2.39. The fourth-order valence-electron chi connectivity index (χ4n) is 3.51. The Labute approximate surface area is 195 Å². The highest BCUT2D eigenvalue weighted by Crippen LogP contribution is 2.46. The molecule has 0 saturated carbocycles. The molecule has 3 rings (SSSR count). The molecular weight excluding hydrogens is 455 g/mol. The Kier molecular flexibility index (Phi) is 7.14.